The fourth-order valence-corrected chi connectivity index (χ4v) is 6.01. The number of alkyl halides is 3. The molecule has 1 aromatic carbocycles. The number of likely N-dealkylation sites (N-methyl/N-ethyl adjacent to an activating group) is 1. The highest BCUT2D eigenvalue weighted by Gasteiger charge is 2.37. The van der Waals surface area contributed by atoms with Crippen LogP contribution in [0.15, 0.2) is 36.9 Å². The number of carbonyl (C=O) groups excluding carboxylic acids is 1. The molecule has 0 radical (unpaired) electrons. The van der Waals surface area contributed by atoms with Crippen LogP contribution in [-0.2, 0) is 23.9 Å². The van der Waals surface area contributed by atoms with E-state index in [9.17, 15) is 23.2 Å². The zero-order valence-corrected chi connectivity index (χ0v) is 23.1. The minimum Gasteiger partial charge on any atom is -0.462 e. The van der Waals surface area contributed by atoms with Gasteiger partial charge in [-0.15, -0.1) is 0 Å². The first-order valence-corrected chi connectivity index (χ1v) is 13.9. The Kier molecular flexibility index (Phi) is 8.35. The van der Waals surface area contributed by atoms with Crippen LogP contribution in [0.5, 0.6) is 6.01 Å². The molecule has 12 heteroatoms. The molecule has 3 aliphatic rings. The molecule has 41 heavy (non-hydrogen) atoms. The summed E-state index contributed by atoms with van der Waals surface area (Å²) in [5.41, 5.74) is 0.914. The van der Waals surface area contributed by atoms with E-state index in [-0.39, 0.29) is 42.7 Å². The lowest BCUT2D eigenvalue weighted by Gasteiger charge is -2.42. The van der Waals surface area contributed by atoms with Crippen molar-refractivity contribution in [1.29, 1.82) is 5.26 Å². The zero-order chi connectivity index (χ0) is 29.1. The molecule has 2 aromatic rings. The molecule has 1 amide bonds. The Hall–Kier alpha value is -3.85. The fourth-order valence-electron chi connectivity index (χ4n) is 6.01. The molecule has 2 atom stereocenters. The fraction of sp³-hybridized carbons (Fsp3) is 0.517. The molecule has 0 N–H and O–H groups in total. The van der Waals surface area contributed by atoms with Crippen molar-refractivity contribution in [3.8, 4) is 12.1 Å². The molecule has 0 unspecified atom stereocenters. The first-order valence-electron chi connectivity index (χ1n) is 13.9. The Morgan fingerprint density at radius 3 is 2.68 bits per heavy atom. The Labute approximate surface area is 237 Å². The molecule has 0 bridgehead atoms. The number of fused-ring (bicyclic) bond motifs is 1. The van der Waals surface area contributed by atoms with Crippen LogP contribution in [-0.4, -0.2) is 84.1 Å². The van der Waals surface area contributed by atoms with Crippen molar-refractivity contribution in [3.05, 3.63) is 53.7 Å². The molecule has 4 heterocycles. The first-order chi connectivity index (χ1) is 19.7. The van der Waals surface area contributed by atoms with Crippen LogP contribution in [0.2, 0.25) is 0 Å². The van der Waals surface area contributed by atoms with E-state index in [2.05, 4.69) is 24.6 Å². The number of nitriles is 1. The van der Waals surface area contributed by atoms with Crippen molar-refractivity contribution in [2.75, 3.05) is 56.2 Å². The zero-order valence-electron chi connectivity index (χ0n) is 23.1. The van der Waals surface area contributed by atoms with Crippen LogP contribution in [0.4, 0.5) is 24.7 Å². The number of para-hydroxylation sites is 1. The number of hydrogen-bond acceptors (Lipinski definition) is 8. The third-order valence-corrected chi connectivity index (χ3v) is 8.22. The molecule has 2 fully saturated rings. The Bertz CT molecular complexity index is 1330. The van der Waals surface area contributed by atoms with Gasteiger partial charge in [0, 0.05) is 43.5 Å². The predicted octanol–water partition coefficient (Wildman–Crippen LogP) is 3.65. The second-order valence-corrected chi connectivity index (χ2v) is 10.7. The number of nitrogens with zero attached hydrogens (tertiary/aromatic N) is 7. The summed E-state index contributed by atoms with van der Waals surface area (Å²) < 4.78 is 47.6. The SMILES string of the molecule is C=CC(=O)N1CCN(c2nc(OC[C@@H]3CCCN3C)nc3c2CCN(c2ccccc2C(F)(F)F)C3)C[C@@H]1CC#N. The maximum absolute atomic E-state index is 13.8. The van der Waals surface area contributed by atoms with Gasteiger partial charge in [0.15, 0.2) is 0 Å². The largest absolute Gasteiger partial charge is 0.462 e. The van der Waals surface area contributed by atoms with Gasteiger partial charge in [-0.3, -0.25) is 4.79 Å². The molecule has 0 spiro atoms. The van der Waals surface area contributed by atoms with Crippen LogP contribution in [0, 0.1) is 11.3 Å². The number of carbonyl (C=O) groups is 1. The smallest absolute Gasteiger partial charge is 0.418 e. The highest BCUT2D eigenvalue weighted by molar-refractivity contribution is 5.87. The van der Waals surface area contributed by atoms with Crippen molar-refractivity contribution < 1.29 is 22.7 Å². The summed E-state index contributed by atoms with van der Waals surface area (Å²) in [5, 5.41) is 9.43. The van der Waals surface area contributed by atoms with E-state index in [4.69, 9.17) is 14.7 Å². The summed E-state index contributed by atoms with van der Waals surface area (Å²) in [5.74, 6) is 0.431. The van der Waals surface area contributed by atoms with Gasteiger partial charge in [0.2, 0.25) is 5.91 Å². The van der Waals surface area contributed by atoms with E-state index in [1.165, 1.54) is 18.2 Å². The van der Waals surface area contributed by atoms with Gasteiger partial charge < -0.3 is 24.3 Å². The van der Waals surface area contributed by atoms with Crippen LogP contribution in [0.1, 0.15) is 36.1 Å². The summed E-state index contributed by atoms with van der Waals surface area (Å²) in [6, 6.07) is 7.84. The van der Waals surface area contributed by atoms with Gasteiger partial charge in [-0.2, -0.15) is 28.4 Å². The lowest BCUT2D eigenvalue weighted by Crippen LogP contribution is -2.55. The van der Waals surface area contributed by atoms with E-state index >= 15 is 0 Å². The van der Waals surface area contributed by atoms with Crippen molar-refractivity contribution >= 4 is 17.4 Å². The van der Waals surface area contributed by atoms with Crippen molar-refractivity contribution in [3.63, 3.8) is 0 Å². The molecule has 0 saturated carbocycles. The summed E-state index contributed by atoms with van der Waals surface area (Å²) >= 11 is 0. The number of halogens is 3. The van der Waals surface area contributed by atoms with Gasteiger partial charge in [-0.05, 0) is 51.1 Å². The second-order valence-electron chi connectivity index (χ2n) is 10.7. The number of likely N-dealkylation sites (tertiary alicyclic amines) is 1. The van der Waals surface area contributed by atoms with E-state index < -0.39 is 11.7 Å². The van der Waals surface area contributed by atoms with E-state index in [0.29, 0.717) is 50.7 Å². The van der Waals surface area contributed by atoms with E-state index in [1.54, 1.807) is 15.9 Å². The van der Waals surface area contributed by atoms with Crippen molar-refractivity contribution in [2.45, 2.75) is 50.5 Å². The number of hydrogen-bond donors (Lipinski definition) is 0. The highest BCUT2D eigenvalue weighted by Crippen LogP contribution is 2.39. The van der Waals surface area contributed by atoms with Crippen LogP contribution >= 0.6 is 0 Å². The Morgan fingerprint density at radius 2 is 1.98 bits per heavy atom. The van der Waals surface area contributed by atoms with Gasteiger partial charge in [0.25, 0.3) is 0 Å². The van der Waals surface area contributed by atoms with Gasteiger partial charge in [-0.1, -0.05) is 18.7 Å². The molecule has 5 rings (SSSR count). The van der Waals surface area contributed by atoms with Crippen LogP contribution < -0.4 is 14.5 Å². The molecule has 218 valence electrons. The van der Waals surface area contributed by atoms with Gasteiger partial charge in [0.05, 0.1) is 36.3 Å². The van der Waals surface area contributed by atoms with E-state index in [0.717, 1.165) is 31.0 Å². The number of rotatable bonds is 7. The average molecular weight is 570 g/mol. The minimum atomic E-state index is -4.48. The summed E-state index contributed by atoms with van der Waals surface area (Å²) in [4.78, 5) is 29.6. The number of anilines is 2. The maximum Gasteiger partial charge on any atom is 0.418 e. The normalized spacial score (nSPS) is 21.4. The third kappa shape index (κ3) is 6.10. The van der Waals surface area contributed by atoms with Crippen molar-refractivity contribution in [1.82, 2.24) is 19.8 Å². The predicted molar refractivity (Wildman–Crippen MR) is 148 cm³/mol. The Balaban J connectivity index is 1.47. The number of amides is 1. The molecular weight excluding hydrogens is 535 g/mol. The molecule has 0 aliphatic carbocycles. The number of ether oxygens (including phenoxy) is 1. The monoisotopic (exact) mass is 569 g/mol. The van der Waals surface area contributed by atoms with Crippen LogP contribution in [0.3, 0.4) is 0 Å². The molecule has 2 saturated heterocycles. The average Bonchev–Trinajstić information content (AvgIpc) is 3.39. The Morgan fingerprint density at radius 1 is 1.17 bits per heavy atom. The van der Waals surface area contributed by atoms with Gasteiger partial charge in [0.1, 0.15) is 12.4 Å². The first kappa shape index (κ1) is 28.7. The van der Waals surface area contributed by atoms with Gasteiger partial charge in [-0.25, -0.2) is 0 Å². The molecule has 1 aromatic heterocycles. The van der Waals surface area contributed by atoms with Crippen molar-refractivity contribution in [2.24, 2.45) is 0 Å². The molecule has 9 nitrogen and oxygen atoms in total. The quantitative estimate of drug-likeness (QED) is 0.467. The molecular formula is C29H34F3N7O2. The second kappa shape index (κ2) is 11.9. The standard InChI is InChI=1S/C29H34F3N7O2/c1-3-26(40)39-16-15-38(17-20(39)10-12-33)27-22-11-14-37(25-9-5-4-8-23(25)29(30,31)32)18-24(22)34-28(35-27)41-19-21-7-6-13-36(21)2/h3-5,8-9,20-21H,1,6-7,10-11,13-19H2,2H3/t20-,21-/m0/s1. The van der Waals surface area contributed by atoms with E-state index in [1.807, 2.05) is 4.90 Å². The maximum atomic E-state index is 13.8. The number of piperazine rings is 1. The lowest BCUT2D eigenvalue weighted by molar-refractivity contribution is -0.137. The summed E-state index contributed by atoms with van der Waals surface area (Å²) in [6.07, 6.45) is -0.534. The summed E-state index contributed by atoms with van der Waals surface area (Å²) in [6.45, 7) is 6.79. The number of benzene rings is 1. The lowest BCUT2D eigenvalue weighted by atomic mass is 10.0. The summed E-state index contributed by atoms with van der Waals surface area (Å²) in [7, 11) is 2.05. The van der Waals surface area contributed by atoms with Gasteiger partial charge >= 0.3 is 12.2 Å². The number of aromatic nitrogens is 2. The third-order valence-electron chi connectivity index (χ3n) is 8.22. The minimum absolute atomic E-state index is 0.117. The van der Waals surface area contributed by atoms with Crippen LogP contribution in [0.25, 0.3) is 0 Å². The topological polar surface area (TPSA) is 88.8 Å². The molecule has 3 aliphatic heterocycles. The highest BCUT2D eigenvalue weighted by atomic mass is 19.4.